The zero-order valence-electron chi connectivity index (χ0n) is 20.4. The molecule has 0 amide bonds. The van der Waals surface area contributed by atoms with Crippen molar-refractivity contribution in [3.8, 4) is 0 Å². The molecule has 2 aromatic carbocycles. The molecule has 32 heavy (non-hydrogen) atoms. The Hall–Kier alpha value is -1.68. The molecule has 0 saturated heterocycles. The summed E-state index contributed by atoms with van der Waals surface area (Å²) in [6, 6.07) is 20.8. The highest BCUT2D eigenvalue weighted by molar-refractivity contribution is 6.98. The van der Waals surface area contributed by atoms with Gasteiger partial charge in [0.1, 0.15) is 0 Å². The van der Waals surface area contributed by atoms with Crippen LogP contribution in [-0.4, -0.2) is 19.7 Å². The fraction of sp³-hybridized carbons (Fsp3) is 0.517. The van der Waals surface area contributed by atoms with Crippen LogP contribution >= 0.6 is 0 Å². The van der Waals surface area contributed by atoms with Crippen LogP contribution in [0.15, 0.2) is 72.8 Å². The molecule has 176 valence electrons. The van der Waals surface area contributed by atoms with Gasteiger partial charge < -0.3 is 10.5 Å². The van der Waals surface area contributed by atoms with Crippen LogP contribution in [-0.2, 0) is 0 Å². The van der Waals surface area contributed by atoms with Gasteiger partial charge in [-0.1, -0.05) is 119 Å². The van der Waals surface area contributed by atoms with Crippen molar-refractivity contribution in [2.24, 2.45) is 5.73 Å². The lowest BCUT2D eigenvalue weighted by molar-refractivity contribution is 0.446. The summed E-state index contributed by atoms with van der Waals surface area (Å²) < 4.78 is 0. The molecule has 2 rings (SSSR count). The Morgan fingerprint density at radius 1 is 0.688 bits per heavy atom. The molecule has 0 aliphatic heterocycles. The summed E-state index contributed by atoms with van der Waals surface area (Å²) >= 11 is 0. The Morgan fingerprint density at radius 3 is 1.62 bits per heavy atom. The molecule has 0 atom stereocenters. The summed E-state index contributed by atoms with van der Waals surface area (Å²) in [6.45, 7) is 5.36. The molecule has 0 spiro atoms. The SMILES string of the molecule is CC(C)(CCCCCCCC/C=C\CCCCN)[Si](O)(c1ccccc1)c1ccccc1. The third kappa shape index (κ3) is 8.02. The van der Waals surface area contributed by atoms with E-state index in [1.165, 1.54) is 57.8 Å². The molecular weight excluding hydrogens is 406 g/mol. The van der Waals surface area contributed by atoms with Crippen LogP contribution in [0.1, 0.15) is 84.5 Å². The zero-order valence-corrected chi connectivity index (χ0v) is 21.4. The smallest absolute Gasteiger partial charge is 0.258 e. The molecule has 0 radical (unpaired) electrons. The van der Waals surface area contributed by atoms with Gasteiger partial charge in [-0.25, -0.2) is 0 Å². The van der Waals surface area contributed by atoms with Gasteiger partial charge in [0.2, 0.25) is 0 Å². The molecule has 0 saturated carbocycles. The lowest BCUT2D eigenvalue weighted by atomic mass is 10.0. The topological polar surface area (TPSA) is 46.2 Å². The van der Waals surface area contributed by atoms with E-state index in [9.17, 15) is 4.80 Å². The molecule has 0 aromatic heterocycles. The predicted molar refractivity (Wildman–Crippen MR) is 143 cm³/mol. The van der Waals surface area contributed by atoms with Crippen LogP contribution in [0.2, 0.25) is 5.04 Å². The number of rotatable bonds is 16. The zero-order chi connectivity index (χ0) is 23.1. The third-order valence-electron chi connectivity index (χ3n) is 6.78. The van der Waals surface area contributed by atoms with Gasteiger partial charge in [0, 0.05) is 0 Å². The van der Waals surface area contributed by atoms with Gasteiger partial charge in [-0.3, -0.25) is 0 Å². The Bertz CT molecular complexity index is 718. The molecular formula is C29H45NOSi. The van der Waals surface area contributed by atoms with Crippen LogP contribution in [0, 0.1) is 0 Å². The molecule has 0 fully saturated rings. The minimum atomic E-state index is -2.85. The maximum atomic E-state index is 12.2. The maximum absolute atomic E-state index is 12.2. The average molecular weight is 452 g/mol. The molecule has 2 nitrogen and oxygen atoms in total. The van der Waals surface area contributed by atoms with E-state index in [-0.39, 0.29) is 5.04 Å². The summed E-state index contributed by atoms with van der Waals surface area (Å²) in [6.07, 6.45) is 18.1. The largest absolute Gasteiger partial charge is 0.424 e. The first kappa shape index (κ1) is 26.6. The van der Waals surface area contributed by atoms with Crippen LogP contribution in [0.4, 0.5) is 0 Å². The van der Waals surface area contributed by atoms with Crippen molar-refractivity contribution in [3.63, 3.8) is 0 Å². The lowest BCUT2D eigenvalue weighted by Crippen LogP contribution is -2.65. The molecule has 0 unspecified atom stereocenters. The molecule has 0 aliphatic carbocycles. The summed E-state index contributed by atoms with van der Waals surface area (Å²) in [5.74, 6) is 0. The summed E-state index contributed by atoms with van der Waals surface area (Å²) in [7, 11) is -2.85. The van der Waals surface area contributed by atoms with Crippen molar-refractivity contribution in [1.82, 2.24) is 0 Å². The van der Waals surface area contributed by atoms with E-state index in [2.05, 4.69) is 74.5 Å². The van der Waals surface area contributed by atoms with Crippen molar-refractivity contribution >= 4 is 18.7 Å². The Morgan fingerprint density at radius 2 is 1.12 bits per heavy atom. The normalized spacial score (nSPS) is 12.5. The Labute approximate surface area is 198 Å². The van der Waals surface area contributed by atoms with Gasteiger partial charge in [0.25, 0.3) is 8.32 Å². The Balaban J connectivity index is 1.78. The molecule has 2 aromatic rings. The molecule has 0 heterocycles. The standard InChI is InChI=1S/C29H45NOSi/c1-29(2,25-19-11-9-7-5-3-4-6-8-10-12-20-26-30)32(31,27-21-15-13-16-22-27)28-23-17-14-18-24-28/h6,8,13-18,21-24,31H,3-5,7,9-12,19-20,25-26,30H2,1-2H3/b8-6-. The highest BCUT2D eigenvalue weighted by Gasteiger charge is 2.49. The van der Waals surface area contributed by atoms with Gasteiger partial charge in [-0.2, -0.15) is 0 Å². The second-order valence-corrected chi connectivity index (χ2v) is 13.7. The number of allylic oxidation sites excluding steroid dienone is 2. The highest BCUT2D eigenvalue weighted by Crippen LogP contribution is 2.40. The number of unbranched alkanes of at least 4 members (excludes halogenated alkanes) is 8. The van der Waals surface area contributed by atoms with E-state index in [0.717, 1.165) is 29.8 Å². The first-order chi connectivity index (χ1) is 15.5. The number of nitrogens with two attached hydrogens (primary N) is 1. The van der Waals surface area contributed by atoms with Crippen LogP contribution in [0.25, 0.3) is 0 Å². The fourth-order valence-electron chi connectivity index (χ4n) is 4.67. The van der Waals surface area contributed by atoms with Gasteiger partial charge >= 0.3 is 0 Å². The minimum Gasteiger partial charge on any atom is -0.424 e. The van der Waals surface area contributed by atoms with E-state index in [1.807, 2.05) is 12.1 Å². The van der Waals surface area contributed by atoms with Gasteiger partial charge in [0.05, 0.1) is 0 Å². The van der Waals surface area contributed by atoms with Crippen molar-refractivity contribution < 1.29 is 4.80 Å². The summed E-state index contributed by atoms with van der Waals surface area (Å²) in [5, 5.41) is 2.12. The van der Waals surface area contributed by atoms with Crippen LogP contribution in [0.3, 0.4) is 0 Å². The van der Waals surface area contributed by atoms with Crippen molar-refractivity contribution in [1.29, 1.82) is 0 Å². The van der Waals surface area contributed by atoms with Crippen LogP contribution < -0.4 is 16.1 Å². The van der Waals surface area contributed by atoms with Crippen molar-refractivity contribution in [2.75, 3.05) is 6.54 Å². The van der Waals surface area contributed by atoms with Gasteiger partial charge in [-0.15, -0.1) is 0 Å². The third-order valence-corrected chi connectivity index (χ3v) is 11.3. The number of hydrogen-bond donors (Lipinski definition) is 2. The van der Waals surface area contributed by atoms with Crippen molar-refractivity contribution in [2.45, 2.75) is 89.5 Å². The number of hydrogen-bond acceptors (Lipinski definition) is 2. The monoisotopic (exact) mass is 451 g/mol. The quantitative estimate of drug-likeness (QED) is 0.178. The average Bonchev–Trinajstić information content (AvgIpc) is 2.82. The first-order valence-corrected chi connectivity index (χ1v) is 14.7. The van der Waals surface area contributed by atoms with Crippen LogP contribution in [0.5, 0.6) is 0 Å². The van der Waals surface area contributed by atoms with E-state index >= 15 is 0 Å². The summed E-state index contributed by atoms with van der Waals surface area (Å²) in [5.41, 5.74) is 5.52. The Kier molecular flexibility index (Phi) is 12.0. The molecule has 0 aliphatic rings. The van der Waals surface area contributed by atoms with Gasteiger partial charge in [0.15, 0.2) is 0 Å². The van der Waals surface area contributed by atoms with E-state index in [4.69, 9.17) is 5.73 Å². The van der Waals surface area contributed by atoms with E-state index < -0.39 is 8.32 Å². The molecule has 3 N–H and O–H groups in total. The molecule has 0 bridgehead atoms. The molecule has 3 heteroatoms. The van der Waals surface area contributed by atoms with E-state index in [0.29, 0.717) is 0 Å². The van der Waals surface area contributed by atoms with E-state index in [1.54, 1.807) is 0 Å². The summed E-state index contributed by atoms with van der Waals surface area (Å²) in [4.78, 5) is 12.2. The predicted octanol–water partition coefficient (Wildman–Crippen LogP) is 6.32. The lowest BCUT2D eigenvalue weighted by Gasteiger charge is -2.41. The number of benzene rings is 2. The second-order valence-electron chi connectivity index (χ2n) is 9.74. The van der Waals surface area contributed by atoms with Crippen molar-refractivity contribution in [3.05, 3.63) is 72.8 Å². The first-order valence-electron chi connectivity index (χ1n) is 12.7. The second kappa shape index (κ2) is 14.5. The van der Waals surface area contributed by atoms with Gasteiger partial charge in [-0.05, 0) is 60.5 Å². The highest BCUT2D eigenvalue weighted by atomic mass is 28.4. The maximum Gasteiger partial charge on any atom is 0.258 e. The minimum absolute atomic E-state index is 0.121. The fourth-order valence-corrected chi connectivity index (χ4v) is 8.45.